The summed E-state index contributed by atoms with van der Waals surface area (Å²) >= 11 is 0. The van der Waals surface area contributed by atoms with E-state index in [0.717, 1.165) is 122 Å². The van der Waals surface area contributed by atoms with Crippen molar-refractivity contribution >= 4 is 17.9 Å². The van der Waals surface area contributed by atoms with Crippen LogP contribution in [-0.2, 0) is 28.6 Å². The maximum atomic E-state index is 13.0. The minimum absolute atomic E-state index is 0.0915. The summed E-state index contributed by atoms with van der Waals surface area (Å²) in [5.74, 6) is -0.918. The van der Waals surface area contributed by atoms with Crippen molar-refractivity contribution in [2.75, 3.05) is 13.2 Å². The second-order valence-electron chi connectivity index (χ2n) is 22.7. The molecular weight excluding hydrogens is 997 g/mol. The first-order valence-electron chi connectivity index (χ1n) is 34.4. The Morgan fingerprint density at radius 2 is 0.481 bits per heavy atom. The van der Waals surface area contributed by atoms with Crippen molar-refractivity contribution in [2.24, 2.45) is 0 Å². The Morgan fingerprint density at radius 3 is 0.790 bits per heavy atom. The fourth-order valence-electron chi connectivity index (χ4n) is 9.63. The minimum atomic E-state index is -0.798. The molecule has 0 fully saturated rings. The molecule has 0 amide bonds. The van der Waals surface area contributed by atoms with Crippen molar-refractivity contribution < 1.29 is 28.6 Å². The van der Waals surface area contributed by atoms with Gasteiger partial charge in [0.25, 0.3) is 0 Å². The predicted molar refractivity (Wildman–Crippen MR) is 353 cm³/mol. The second kappa shape index (κ2) is 68.6. The lowest BCUT2D eigenvalue weighted by molar-refractivity contribution is -0.167. The number of unbranched alkanes of at least 4 members (excludes halogenated alkanes) is 33. The summed E-state index contributed by atoms with van der Waals surface area (Å²) in [7, 11) is 0. The molecule has 0 aromatic rings. The minimum Gasteiger partial charge on any atom is -0.462 e. The molecule has 0 bridgehead atoms. The third-order valence-electron chi connectivity index (χ3n) is 14.8. The molecule has 0 saturated heterocycles. The average Bonchev–Trinajstić information content (AvgIpc) is 3.47. The molecule has 0 aliphatic rings. The molecule has 464 valence electrons. The molecule has 0 radical (unpaired) electrons. The Hall–Kier alpha value is -3.93. The number of carbonyl (C=O) groups excluding carboxylic acids is 3. The van der Waals surface area contributed by atoms with Gasteiger partial charge in [-0.15, -0.1) is 0 Å². The Kier molecular flexibility index (Phi) is 65.2. The Morgan fingerprint density at radius 1 is 0.259 bits per heavy atom. The molecule has 0 aromatic carbocycles. The molecule has 0 saturated carbocycles. The van der Waals surface area contributed by atoms with Gasteiger partial charge in [-0.25, -0.2) is 0 Å². The smallest absolute Gasteiger partial charge is 0.306 e. The van der Waals surface area contributed by atoms with Crippen LogP contribution in [0.25, 0.3) is 0 Å². The van der Waals surface area contributed by atoms with E-state index in [-0.39, 0.29) is 31.1 Å². The third kappa shape index (κ3) is 66.8. The summed E-state index contributed by atoms with van der Waals surface area (Å²) < 4.78 is 17.0. The van der Waals surface area contributed by atoms with Gasteiger partial charge in [-0.1, -0.05) is 310 Å². The van der Waals surface area contributed by atoms with Crippen LogP contribution in [0.5, 0.6) is 0 Å². The zero-order valence-electron chi connectivity index (χ0n) is 53.3. The fraction of sp³-hybridized carbons (Fsp3) is 0.720. The van der Waals surface area contributed by atoms with Crippen molar-refractivity contribution in [2.45, 2.75) is 335 Å². The molecule has 6 heteroatoms. The van der Waals surface area contributed by atoms with Crippen LogP contribution >= 0.6 is 0 Å². The Labute approximate surface area is 501 Å². The molecule has 0 N–H and O–H groups in total. The normalized spacial score (nSPS) is 12.8. The first kappa shape index (κ1) is 77.1. The van der Waals surface area contributed by atoms with Crippen LogP contribution in [0.4, 0.5) is 0 Å². The maximum Gasteiger partial charge on any atom is 0.306 e. The van der Waals surface area contributed by atoms with Gasteiger partial charge in [0, 0.05) is 19.3 Å². The molecule has 1 unspecified atom stereocenters. The van der Waals surface area contributed by atoms with Crippen LogP contribution in [0.1, 0.15) is 329 Å². The van der Waals surface area contributed by atoms with Crippen LogP contribution in [0.3, 0.4) is 0 Å². The fourth-order valence-corrected chi connectivity index (χ4v) is 9.63. The van der Waals surface area contributed by atoms with Gasteiger partial charge in [-0.05, 0) is 109 Å². The SMILES string of the molecule is CC/C=C\C/C=C\C/C=C\C/C=C\C/C=C\C/C=C\C/C=C\CCCCCC(=O)OCC(COC(=O)CCCCCCCCC/C=C\C/C=C\CCCCC)OC(=O)CCCCCCCCCCCCCCCCCCCCCCC. The highest BCUT2D eigenvalue weighted by molar-refractivity contribution is 5.71. The molecule has 0 rings (SSSR count). The van der Waals surface area contributed by atoms with E-state index in [1.807, 2.05) is 0 Å². The summed E-state index contributed by atoms with van der Waals surface area (Å²) in [5.41, 5.74) is 0. The third-order valence-corrected chi connectivity index (χ3v) is 14.8. The Bertz CT molecular complexity index is 1620. The number of allylic oxidation sites excluding steroid dienone is 18. The summed E-state index contributed by atoms with van der Waals surface area (Å²) in [6, 6.07) is 0. The van der Waals surface area contributed by atoms with Gasteiger partial charge in [0.15, 0.2) is 6.10 Å². The van der Waals surface area contributed by atoms with Crippen LogP contribution in [0, 0.1) is 0 Å². The molecule has 0 spiro atoms. The standard InChI is InChI=1S/C75H128O6/c1-4-7-10-13-16-19-22-25-28-31-33-35-36-37-38-40-41-44-47-50-53-56-59-62-65-68-74(77)80-71-72(70-79-73(76)67-64-61-58-55-52-49-46-43-30-27-24-21-18-15-12-9-6-3)81-75(78)69-66-63-60-57-54-51-48-45-42-39-34-32-29-26-23-20-17-14-11-8-5-2/h7,10,16,18-19,21,25,27-28,30,33,35,37-38,41,44,50,53,72H,4-6,8-9,11-15,17,20,22-24,26,29,31-32,34,36,39-40,42-43,45-49,51-52,54-71H2,1-3H3/b10-7-,19-16-,21-18-,28-25-,30-27-,35-33-,38-37-,44-41-,53-50-. The lowest BCUT2D eigenvalue weighted by atomic mass is 10.0. The second-order valence-corrected chi connectivity index (χ2v) is 22.7. The van der Waals surface area contributed by atoms with E-state index in [2.05, 4.69) is 130 Å². The number of hydrogen-bond acceptors (Lipinski definition) is 6. The van der Waals surface area contributed by atoms with E-state index >= 15 is 0 Å². The summed E-state index contributed by atoms with van der Waals surface area (Å²) in [6.45, 7) is 6.51. The van der Waals surface area contributed by atoms with E-state index in [1.54, 1.807) is 0 Å². The monoisotopic (exact) mass is 1120 g/mol. The van der Waals surface area contributed by atoms with Gasteiger partial charge in [-0.2, -0.15) is 0 Å². The Balaban J connectivity index is 4.44. The van der Waals surface area contributed by atoms with E-state index in [0.29, 0.717) is 19.3 Å². The highest BCUT2D eigenvalue weighted by atomic mass is 16.6. The van der Waals surface area contributed by atoms with E-state index < -0.39 is 6.10 Å². The van der Waals surface area contributed by atoms with Crippen molar-refractivity contribution in [1.82, 2.24) is 0 Å². The van der Waals surface area contributed by atoms with Gasteiger partial charge in [0.1, 0.15) is 13.2 Å². The molecule has 0 heterocycles. The topological polar surface area (TPSA) is 78.9 Å². The molecule has 81 heavy (non-hydrogen) atoms. The molecular formula is C75H128O6. The molecule has 1 atom stereocenters. The van der Waals surface area contributed by atoms with E-state index in [9.17, 15) is 14.4 Å². The molecule has 6 nitrogen and oxygen atoms in total. The van der Waals surface area contributed by atoms with Gasteiger partial charge in [0.05, 0.1) is 0 Å². The van der Waals surface area contributed by atoms with Crippen LogP contribution < -0.4 is 0 Å². The van der Waals surface area contributed by atoms with Gasteiger partial charge < -0.3 is 14.2 Å². The first-order chi connectivity index (χ1) is 40.0. The lowest BCUT2D eigenvalue weighted by Crippen LogP contribution is -2.30. The highest BCUT2D eigenvalue weighted by Crippen LogP contribution is 2.17. The number of hydrogen-bond donors (Lipinski definition) is 0. The van der Waals surface area contributed by atoms with Crippen LogP contribution in [-0.4, -0.2) is 37.2 Å². The zero-order valence-corrected chi connectivity index (χ0v) is 53.3. The summed E-state index contributed by atoms with van der Waals surface area (Å²) in [5, 5.41) is 0. The predicted octanol–water partition coefficient (Wildman–Crippen LogP) is 23.8. The van der Waals surface area contributed by atoms with Crippen LogP contribution in [0.15, 0.2) is 109 Å². The van der Waals surface area contributed by atoms with Crippen molar-refractivity contribution in [3.05, 3.63) is 109 Å². The van der Waals surface area contributed by atoms with E-state index in [1.165, 1.54) is 167 Å². The highest BCUT2D eigenvalue weighted by Gasteiger charge is 2.19. The van der Waals surface area contributed by atoms with Gasteiger partial charge in [-0.3, -0.25) is 14.4 Å². The number of rotatable bonds is 62. The largest absolute Gasteiger partial charge is 0.462 e. The maximum absolute atomic E-state index is 13.0. The van der Waals surface area contributed by atoms with Gasteiger partial charge >= 0.3 is 17.9 Å². The van der Waals surface area contributed by atoms with Crippen LogP contribution in [0.2, 0.25) is 0 Å². The van der Waals surface area contributed by atoms with Crippen molar-refractivity contribution in [1.29, 1.82) is 0 Å². The summed E-state index contributed by atoms with van der Waals surface area (Å²) in [6.07, 6.45) is 93.8. The van der Waals surface area contributed by atoms with Gasteiger partial charge in [0.2, 0.25) is 0 Å². The van der Waals surface area contributed by atoms with Crippen molar-refractivity contribution in [3.63, 3.8) is 0 Å². The number of esters is 3. The first-order valence-corrected chi connectivity index (χ1v) is 34.4. The van der Waals surface area contributed by atoms with Crippen molar-refractivity contribution in [3.8, 4) is 0 Å². The molecule has 0 aliphatic carbocycles. The number of carbonyl (C=O) groups is 3. The quantitative estimate of drug-likeness (QED) is 0.0261. The molecule has 0 aromatic heterocycles. The number of ether oxygens (including phenoxy) is 3. The lowest BCUT2D eigenvalue weighted by Gasteiger charge is -2.18. The molecule has 0 aliphatic heterocycles. The summed E-state index contributed by atoms with van der Waals surface area (Å²) in [4.78, 5) is 38.4. The average molecular weight is 1130 g/mol. The zero-order chi connectivity index (χ0) is 58.5. The van der Waals surface area contributed by atoms with E-state index in [4.69, 9.17) is 14.2 Å².